The first-order valence-electron chi connectivity index (χ1n) is 9.26. The summed E-state index contributed by atoms with van der Waals surface area (Å²) in [6.45, 7) is 2.64. The molecule has 0 bridgehead atoms. The first-order valence-corrected chi connectivity index (χ1v) is 10.2. The largest absolute Gasteiger partial charge is 0.494 e. The number of nitrogens with zero attached hydrogens (tertiary/aromatic N) is 3. The minimum Gasteiger partial charge on any atom is -0.494 e. The lowest BCUT2D eigenvalue weighted by Crippen LogP contribution is -2.00. The van der Waals surface area contributed by atoms with E-state index in [9.17, 15) is 0 Å². The fraction of sp³-hybridized carbons (Fsp3) is 0.130. The summed E-state index contributed by atoms with van der Waals surface area (Å²) in [5.74, 6) is 2.53. The van der Waals surface area contributed by atoms with Gasteiger partial charge in [0.25, 0.3) is 0 Å². The lowest BCUT2D eigenvalue weighted by atomic mass is 10.2. The Morgan fingerprint density at radius 2 is 1.50 bits per heavy atom. The van der Waals surface area contributed by atoms with Crippen molar-refractivity contribution in [3.8, 4) is 22.8 Å². The quantitative estimate of drug-likeness (QED) is 0.386. The highest BCUT2D eigenvalue weighted by molar-refractivity contribution is 7.98. The van der Waals surface area contributed by atoms with Crippen molar-refractivity contribution in [3.63, 3.8) is 0 Å². The summed E-state index contributed by atoms with van der Waals surface area (Å²) < 4.78 is 7.69. The van der Waals surface area contributed by atoms with Crippen LogP contribution in [0.3, 0.4) is 0 Å². The molecule has 4 nitrogen and oxygen atoms in total. The van der Waals surface area contributed by atoms with Crippen molar-refractivity contribution in [3.05, 3.63) is 90.5 Å². The molecule has 5 heteroatoms. The van der Waals surface area contributed by atoms with Gasteiger partial charge in [0.05, 0.1) is 6.61 Å². The van der Waals surface area contributed by atoms with Crippen LogP contribution in [0.5, 0.6) is 5.75 Å². The van der Waals surface area contributed by atoms with Crippen LogP contribution in [0.15, 0.2) is 90.1 Å². The van der Waals surface area contributed by atoms with E-state index >= 15 is 0 Å². The number of aromatic nitrogens is 3. The van der Waals surface area contributed by atoms with Gasteiger partial charge in [-0.2, -0.15) is 0 Å². The molecule has 0 aliphatic rings. The Bertz CT molecular complexity index is 1010. The average molecular weight is 388 g/mol. The molecule has 0 unspecified atom stereocenters. The number of ether oxygens (including phenoxy) is 1. The molecule has 0 amide bonds. The third-order valence-electron chi connectivity index (χ3n) is 4.28. The Balaban J connectivity index is 1.71. The number of benzene rings is 3. The molecule has 0 aliphatic heterocycles. The van der Waals surface area contributed by atoms with Crippen molar-refractivity contribution in [2.45, 2.75) is 17.8 Å². The maximum absolute atomic E-state index is 5.58. The molecule has 0 aliphatic carbocycles. The molecule has 0 spiro atoms. The maximum Gasteiger partial charge on any atom is 0.196 e. The molecule has 0 radical (unpaired) electrons. The number of hydrogen-bond donors (Lipinski definition) is 0. The molecule has 0 N–H and O–H groups in total. The maximum atomic E-state index is 5.58. The van der Waals surface area contributed by atoms with Gasteiger partial charge in [-0.25, -0.2) is 0 Å². The van der Waals surface area contributed by atoms with Gasteiger partial charge >= 0.3 is 0 Å². The van der Waals surface area contributed by atoms with Gasteiger partial charge in [-0.15, -0.1) is 10.2 Å². The van der Waals surface area contributed by atoms with Gasteiger partial charge in [-0.05, 0) is 36.8 Å². The Morgan fingerprint density at radius 1 is 0.821 bits per heavy atom. The second kappa shape index (κ2) is 8.76. The highest BCUT2D eigenvalue weighted by Crippen LogP contribution is 2.30. The first-order chi connectivity index (χ1) is 13.8. The molecule has 0 fully saturated rings. The van der Waals surface area contributed by atoms with Gasteiger partial charge in [-0.3, -0.25) is 4.57 Å². The zero-order chi connectivity index (χ0) is 19.2. The monoisotopic (exact) mass is 387 g/mol. The van der Waals surface area contributed by atoms with Crippen LogP contribution in [-0.2, 0) is 5.75 Å². The van der Waals surface area contributed by atoms with E-state index in [4.69, 9.17) is 4.74 Å². The minimum absolute atomic E-state index is 0.652. The third-order valence-corrected chi connectivity index (χ3v) is 5.28. The second-order valence-electron chi connectivity index (χ2n) is 6.21. The van der Waals surface area contributed by atoms with E-state index in [0.717, 1.165) is 33.7 Å². The van der Waals surface area contributed by atoms with Gasteiger partial charge in [0.2, 0.25) is 0 Å². The summed E-state index contributed by atoms with van der Waals surface area (Å²) >= 11 is 1.68. The van der Waals surface area contributed by atoms with E-state index in [1.54, 1.807) is 11.8 Å². The van der Waals surface area contributed by atoms with Crippen LogP contribution >= 0.6 is 11.8 Å². The predicted molar refractivity (Wildman–Crippen MR) is 114 cm³/mol. The summed E-state index contributed by atoms with van der Waals surface area (Å²) in [6, 6.07) is 28.6. The van der Waals surface area contributed by atoms with Crippen LogP contribution in [0, 0.1) is 0 Å². The van der Waals surface area contributed by atoms with Crippen LogP contribution in [0.4, 0.5) is 0 Å². The van der Waals surface area contributed by atoms with Gasteiger partial charge in [-0.1, -0.05) is 72.4 Å². The standard InChI is InChI=1S/C23H21N3OS/c1-2-27-21-15-13-20(14-16-21)26-22(19-11-7-4-8-12-19)24-25-23(26)28-17-18-9-5-3-6-10-18/h3-16H,2,17H2,1H3. The van der Waals surface area contributed by atoms with Crippen molar-refractivity contribution < 1.29 is 4.74 Å². The number of thioether (sulfide) groups is 1. The zero-order valence-corrected chi connectivity index (χ0v) is 16.5. The zero-order valence-electron chi connectivity index (χ0n) is 15.7. The molecule has 140 valence electrons. The van der Waals surface area contributed by atoms with Gasteiger partial charge < -0.3 is 4.74 Å². The first kappa shape index (κ1) is 18.3. The normalized spacial score (nSPS) is 10.8. The van der Waals surface area contributed by atoms with E-state index in [1.165, 1.54) is 5.56 Å². The SMILES string of the molecule is CCOc1ccc(-n2c(SCc3ccccc3)nnc2-c2ccccc2)cc1. The van der Waals surface area contributed by atoms with Gasteiger partial charge in [0.1, 0.15) is 5.75 Å². The molecule has 1 aromatic heterocycles. The summed E-state index contributed by atoms with van der Waals surface area (Å²) in [5.41, 5.74) is 3.31. The van der Waals surface area contributed by atoms with Crippen molar-refractivity contribution in [1.29, 1.82) is 0 Å². The molecule has 4 aromatic rings. The van der Waals surface area contributed by atoms with Crippen LogP contribution in [0.25, 0.3) is 17.1 Å². The van der Waals surface area contributed by atoms with Gasteiger partial charge in [0, 0.05) is 17.0 Å². The Kier molecular flexibility index (Phi) is 5.73. The highest BCUT2D eigenvalue weighted by atomic mass is 32.2. The molecule has 28 heavy (non-hydrogen) atoms. The average Bonchev–Trinajstić information content (AvgIpc) is 3.18. The fourth-order valence-corrected chi connectivity index (χ4v) is 3.86. The molecule has 4 rings (SSSR count). The van der Waals surface area contributed by atoms with E-state index in [0.29, 0.717) is 6.61 Å². The van der Waals surface area contributed by atoms with Crippen molar-refractivity contribution in [2.75, 3.05) is 6.61 Å². The highest BCUT2D eigenvalue weighted by Gasteiger charge is 2.16. The second-order valence-corrected chi connectivity index (χ2v) is 7.15. The van der Waals surface area contributed by atoms with Crippen LogP contribution in [0.1, 0.15) is 12.5 Å². The molecule has 1 heterocycles. The van der Waals surface area contributed by atoms with Crippen molar-refractivity contribution in [2.24, 2.45) is 0 Å². The predicted octanol–water partition coefficient (Wildman–Crippen LogP) is 5.63. The molecule has 0 atom stereocenters. The summed E-state index contributed by atoms with van der Waals surface area (Å²) in [5, 5.41) is 9.85. The Morgan fingerprint density at radius 3 is 2.18 bits per heavy atom. The lowest BCUT2D eigenvalue weighted by Gasteiger charge is -2.11. The molecule has 0 saturated carbocycles. The molecular weight excluding hydrogens is 366 g/mol. The lowest BCUT2D eigenvalue weighted by molar-refractivity contribution is 0.340. The fourth-order valence-electron chi connectivity index (χ4n) is 2.95. The van der Waals surface area contributed by atoms with E-state index in [2.05, 4.69) is 51.2 Å². The molecule has 3 aromatic carbocycles. The summed E-state index contributed by atoms with van der Waals surface area (Å²) in [4.78, 5) is 0. The smallest absolute Gasteiger partial charge is 0.196 e. The Labute approximate surface area is 169 Å². The number of hydrogen-bond acceptors (Lipinski definition) is 4. The van der Waals surface area contributed by atoms with Crippen LogP contribution in [-0.4, -0.2) is 21.4 Å². The molecule has 0 saturated heterocycles. The van der Waals surface area contributed by atoms with E-state index in [-0.39, 0.29) is 0 Å². The van der Waals surface area contributed by atoms with Gasteiger partial charge in [0.15, 0.2) is 11.0 Å². The Hall–Kier alpha value is -3.05. The van der Waals surface area contributed by atoms with Crippen molar-refractivity contribution in [1.82, 2.24) is 14.8 Å². The topological polar surface area (TPSA) is 39.9 Å². The number of rotatable bonds is 7. The molecular formula is C23H21N3OS. The summed E-state index contributed by atoms with van der Waals surface area (Å²) in [6.07, 6.45) is 0. The third kappa shape index (κ3) is 4.10. The van der Waals surface area contributed by atoms with E-state index in [1.807, 2.05) is 55.5 Å². The van der Waals surface area contributed by atoms with Crippen LogP contribution < -0.4 is 4.74 Å². The summed E-state index contributed by atoms with van der Waals surface area (Å²) in [7, 11) is 0. The van der Waals surface area contributed by atoms with Crippen molar-refractivity contribution >= 4 is 11.8 Å². The van der Waals surface area contributed by atoms with Crippen LogP contribution in [0.2, 0.25) is 0 Å². The van der Waals surface area contributed by atoms with E-state index < -0.39 is 0 Å². The minimum atomic E-state index is 0.652.